The molecule has 0 unspecified atom stereocenters. The highest BCUT2D eigenvalue weighted by Gasteiger charge is 2.13. The average Bonchev–Trinajstić information content (AvgIpc) is 2.98. The minimum absolute atomic E-state index is 0.327. The second kappa shape index (κ2) is 6.81. The molecule has 2 aromatic carbocycles. The first-order valence-electron chi connectivity index (χ1n) is 6.83. The number of amides is 1. The first kappa shape index (κ1) is 15.5. The molecule has 0 aliphatic carbocycles. The maximum atomic E-state index is 12.3. The van der Waals surface area contributed by atoms with E-state index in [4.69, 9.17) is 16.3 Å². The SMILES string of the molecule is COc1cc2ccccc2cc1C(=O)N/N=C\c1ccc(Cl)s1. The fourth-order valence-electron chi connectivity index (χ4n) is 2.18. The summed E-state index contributed by atoms with van der Waals surface area (Å²) in [6, 6.07) is 15.0. The number of nitrogens with zero attached hydrogens (tertiary/aromatic N) is 1. The quantitative estimate of drug-likeness (QED) is 0.565. The van der Waals surface area contributed by atoms with Gasteiger partial charge >= 0.3 is 0 Å². The van der Waals surface area contributed by atoms with Crippen molar-refractivity contribution in [1.29, 1.82) is 0 Å². The van der Waals surface area contributed by atoms with Crippen LogP contribution in [0, 0.1) is 0 Å². The molecule has 0 spiro atoms. The van der Waals surface area contributed by atoms with E-state index in [0.29, 0.717) is 15.6 Å². The Kier molecular flexibility index (Phi) is 4.60. The third kappa shape index (κ3) is 3.52. The van der Waals surface area contributed by atoms with Crippen LogP contribution in [0.2, 0.25) is 4.34 Å². The Balaban J connectivity index is 1.83. The van der Waals surface area contributed by atoms with Gasteiger partial charge in [-0.05, 0) is 35.0 Å². The number of hydrogen-bond donors (Lipinski definition) is 1. The molecular weight excluding hydrogens is 332 g/mol. The van der Waals surface area contributed by atoms with Crippen molar-refractivity contribution in [1.82, 2.24) is 5.43 Å². The minimum Gasteiger partial charge on any atom is -0.496 e. The summed E-state index contributed by atoms with van der Waals surface area (Å²) in [6.45, 7) is 0. The molecule has 0 radical (unpaired) electrons. The highest BCUT2D eigenvalue weighted by Crippen LogP contribution is 2.26. The van der Waals surface area contributed by atoms with E-state index in [-0.39, 0.29) is 5.91 Å². The second-order valence-corrected chi connectivity index (χ2v) is 6.49. The number of halogens is 1. The zero-order valence-electron chi connectivity index (χ0n) is 12.2. The first-order chi connectivity index (χ1) is 11.2. The number of thiophene rings is 1. The molecule has 1 heterocycles. The van der Waals surface area contributed by atoms with Gasteiger partial charge in [0.2, 0.25) is 0 Å². The van der Waals surface area contributed by atoms with Crippen LogP contribution in [0.25, 0.3) is 10.8 Å². The minimum atomic E-state index is -0.327. The van der Waals surface area contributed by atoms with Gasteiger partial charge in [-0.15, -0.1) is 11.3 Å². The van der Waals surface area contributed by atoms with E-state index < -0.39 is 0 Å². The number of methoxy groups -OCH3 is 1. The lowest BCUT2D eigenvalue weighted by molar-refractivity contribution is 0.0952. The molecule has 6 heteroatoms. The van der Waals surface area contributed by atoms with E-state index in [0.717, 1.165) is 15.6 Å². The Morgan fingerprint density at radius 3 is 2.61 bits per heavy atom. The summed E-state index contributed by atoms with van der Waals surface area (Å²) in [6.07, 6.45) is 1.56. The Hall–Kier alpha value is -2.37. The molecule has 0 atom stereocenters. The average molecular weight is 345 g/mol. The predicted octanol–water partition coefficient (Wildman–Crippen LogP) is 4.33. The molecule has 4 nitrogen and oxygen atoms in total. The summed E-state index contributed by atoms with van der Waals surface area (Å²) in [7, 11) is 1.54. The lowest BCUT2D eigenvalue weighted by atomic mass is 10.1. The Morgan fingerprint density at radius 1 is 1.22 bits per heavy atom. The highest BCUT2D eigenvalue weighted by molar-refractivity contribution is 7.17. The zero-order chi connectivity index (χ0) is 16.2. The molecule has 0 saturated heterocycles. The third-order valence-corrected chi connectivity index (χ3v) is 4.43. The topological polar surface area (TPSA) is 50.7 Å². The molecule has 3 aromatic rings. The number of carbonyl (C=O) groups excluding carboxylic acids is 1. The normalized spacial score (nSPS) is 11.0. The van der Waals surface area contributed by atoms with Crippen molar-refractivity contribution in [2.75, 3.05) is 7.11 Å². The van der Waals surface area contributed by atoms with E-state index in [9.17, 15) is 4.79 Å². The van der Waals surface area contributed by atoms with E-state index >= 15 is 0 Å². The van der Waals surface area contributed by atoms with Gasteiger partial charge in [0.15, 0.2) is 0 Å². The lowest BCUT2D eigenvalue weighted by Gasteiger charge is -2.09. The van der Waals surface area contributed by atoms with Crippen molar-refractivity contribution in [2.24, 2.45) is 5.10 Å². The predicted molar refractivity (Wildman–Crippen MR) is 94.9 cm³/mol. The van der Waals surface area contributed by atoms with Crippen molar-refractivity contribution >= 4 is 45.8 Å². The molecule has 0 aliphatic rings. The monoisotopic (exact) mass is 344 g/mol. The molecule has 0 bridgehead atoms. The van der Waals surface area contributed by atoms with E-state index in [2.05, 4.69) is 10.5 Å². The van der Waals surface area contributed by atoms with Crippen LogP contribution in [0.4, 0.5) is 0 Å². The Labute approximate surface area is 142 Å². The van der Waals surface area contributed by atoms with Gasteiger partial charge in [0, 0.05) is 4.88 Å². The molecular formula is C17H13ClN2O2S. The number of nitrogens with one attached hydrogen (secondary N) is 1. The molecule has 0 saturated carbocycles. The number of ether oxygens (including phenoxy) is 1. The Bertz CT molecular complexity index is 889. The van der Waals surface area contributed by atoms with E-state index in [1.807, 2.05) is 36.4 Å². The number of fused-ring (bicyclic) bond motifs is 1. The van der Waals surface area contributed by atoms with Crippen LogP contribution in [0.15, 0.2) is 53.6 Å². The number of carbonyl (C=O) groups is 1. The summed E-state index contributed by atoms with van der Waals surface area (Å²) in [5, 5.41) is 5.94. The molecule has 1 aromatic heterocycles. The number of hydrogen-bond acceptors (Lipinski definition) is 4. The molecule has 0 fully saturated rings. The molecule has 116 valence electrons. The van der Waals surface area contributed by atoms with Gasteiger partial charge in [-0.3, -0.25) is 4.79 Å². The van der Waals surface area contributed by atoms with Gasteiger partial charge in [-0.1, -0.05) is 35.9 Å². The van der Waals surface area contributed by atoms with Gasteiger partial charge < -0.3 is 4.74 Å². The fourth-order valence-corrected chi connectivity index (χ4v) is 3.11. The third-order valence-electron chi connectivity index (χ3n) is 3.26. The first-order valence-corrected chi connectivity index (χ1v) is 8.02. The maximum Gasteiger partial charge on any atom is 0.275 e. The molecule has 1 N–H and O–H groups in total. The summed E-state index contributed by atoms with van der Waals surface area (Å²) in [4.78, 5) is 13.2. The number of hydrazone groups is 1. The van der Waals surface area contributed by atoms with Gasteiger partial charge in [0.1, 0.15) is 5.75 Å². The van der Waals surface area contributed by atoms with Gasteiger partial charge in [-0.2, -0.15) is 5.10 Å². The van der Waals surface area contributed by atoms with Crippen LogP contribution in [0.1, 0.15) is 15.2 Å². The van der Waals surface area contributed by atoms with Crippen molar-refractivity contribution in [2.45, 2.75) is 0 Å². The zero-order valence-corrected chi connectivity index (χ0v) is 13.8. The van der Waals surface area contributed by atoms with Crippen molar-refractivity contribution < 1.29 is 9.53 Å². The van der Waals surface area contributed by atoms with Crippen LogP contribution >= 0.6 is 22.9 Å². The van der Waals surface area contributed by atoms with Crippen molar-refractivity contribution in [3.8, 4) is 5.75 Å². The maximum absolute atomic E-state index is 12.3. The molecule has 3 rings (SSSR count). The van der Waals surface area contributed by atoms with Crippen LogP contribution < -0.4 is 10.2 Å². The molecule has 0 aliphatic heterocycles. The lowest BCUT2D eigenvalue weighted by Crippen LogP contribution is -2.18. The van der Waals surface area contributed by atoms with Crippen LogP contribution in [-0.2, 0) is 0 Å². The van der Waals surface area contributed by atoms with Crippen molar-refractivity contribution in [3.63, 3.8) is 0 Å². The summed E-state index contributed by atoms with van der Waals surface area (Å²) < 4.78 is 5.99. The largest absolute Gasteiger partial charge is 0.496 e. The Morgan fingerprint density at radius 2 is 1.96 bits per heavy atom. The highest BCUT2D eigenvalue weighted by atomic mass is 35.5. The van der Waals surface area contributed by atoms with Gasteiger partial charge in [0.25, 0.3) is 5.91 Å². The fraction of sp³-hybridized carbons (Fsp3) is 0.0588. The van der Waals surface area contributed by atoms with Crippen LogP contribution in [-0.4, -0.2) is 19.2 Å². The number of rotatable bonds is 4. The summed E-state index contributed by atoms with van der Waals surface area (Å²) in [5.41, 5.74) is 2.95. The second-order valence-electron chi connectivity index (χ2n) is 4.74. The number of benzene rings is 2. The molecule has 1 amide bonds. The molecule has 23 heavy (non-hydrogen) atoms. The van der Waals surface area contributed by atoms with Crippen LogP contribution in [0.5, 0.6) is 5.75 Å². The van der Waals surface area contributed by atoms with Crippen LogP contribution in [0.3, 0.4) is 0 Å². The smallest absolute Gasteiger partial charge is 0.275 e. The van der Waals surface area contributed by atoms with Gasteiger partial charge in [-0.25, -0.2) is 5.43 Å². The standard InChI is InChI=1S/C17H13ClN2O2S/c1-22-15-9-12-5-3-2-4-11(12)8-14(15)17(21)20-19-10-13-6-7-16(18)23-13/h2-10H,1H3,(H,20,21)/b19-10-. The summed E-state index contributed by atoms with van der Waals surface area (Å²) >= 11 is 7.23. The van der Waals surface area contributed by atoms with E-state index in [1.54, 1.807) is 18.3 Å². The van der Waals surface area contributed by atoms with E-state index in [1.165, 1.54) is 18.4 Å². The van der Waals surface area contributed by atoms with Gasteiger partial charge in [0.05, 0.1) is 23.2 Å². The van der Waals surface area contributed by atoms with Crippen molar-refractivity contribution in [3.05, 3.63) is 63.3 Å². The summed E-state index contributed by atoms with van der Waals surface area (Å²) in [5.74, 6) is 0.182.